The van der Waals surface area contributed by atoms with Gasteiger partial charge in [0.05, 0.1) is 4.92 Å². The molecular weight excluding hydrogens is 242 g/mol. The van der Waals surface area contributed by atoms with Crippen LogP contribution in [0.4, 0.5) is 5.69 Å². The van der Waals surface area contributed by atoms with Gasteiger partial charge in [0, 0.05) is 43.5 Å². The number of pyridine rings is 1. The van der Waals surface area contributed by atoms with Gasteiger partial charge < -0.3 is 5.32 Å². The quantitative estimate of drug-likeness (QED) is 0.490. The van der Waals surface area contributed by atoms with Crippen molar-refractivity contribution in [2.45, 2.75) is 13.0 Å². The van der Waals surface area contributed by atoms with Gasteiger partial charge in [-0.2, -0.15) is 0 Å². The van der Waals surface area contributed by atoms with Gasteiger partial charge in [0.1, 0.15) is 0 Å². The third-order valence-corrected chi connectivity index (χ3v) is 2.76. The van der Waals surface area contributed by atoms with Crippen molar-refractivity contribution in [1.82, 2.24) is 10.3 Å². The highest BCUT2D eigenvalue weighted by Gasteiger charge is 2.03. The second-order valence-corrected chi connectivity index (χ2v) is 4.17. The minimum Gasteiger partial charge on any atom is -0.312 e. The van der Waals surface area contributed by atoms with E-state index in [1.165, 1.54) is 12.1 Å². The Labute approximate surface area is 111 Å². The van der Waals surface area contributed by atoms with Gasteiger partial charge in [-0.05, 0) is 17.7 Å². The molecule has 0 aliphatic rings. The number of hydrogen-bond acceptors (Lipinski definition) is 4. The van der Waals surface area contributed by atoms with E-state index >= 15 is 0 Å². The summed E-state index contributed by atoms with van der Waals surface area (Å²) in [5.74, 6) is 0. The fourth-order valence-electron chi connectivity index (χ4n) is 1.73. The van der Waals surface area contributed by atoms with Crippen molar-refractivity contribution >= 4 is 5.69 Å². The van der Waals surface area contributed by atoms with Gasteiger partial charge in [-0.25, -0.2) is 0 Å². The normalized spacial score (nSPS) is 10.3. The maximum absolute atomic E-state index is 10.5. The maximum atomic E-state index is 10.5. The SMILES string of the molecule is O=[N+]([O-])c1ccc(CNCCc2ccccn2)cc1. The van der Waals surface area contributed by atoms with Crippen LogP contribution in [0.25, 0.3) is 0 Å². The van der Waals surface area contributed by atoms with Gasteiger partial charge in [-0.3, -0.25) is 15.1 Å². The summed E-state index contributed by atoms with van der Waals surface area (Å²) in [4.78, 5) is 14.4. The highest BCUT2D eigenvalue weighted by Crippen LogP contribution is 2.11. The predicted octanol–water partition coefficient (Wildman–Crippen LogP) is 2.32. The van der Waals surface area contributed by atoms with Crippen molar-refractivity contribution in [3.63, 3.8) is 0 Å². The summed E-state index contributed by atoms with van der Waals surface area (Å²) < 4.78 is 0. The molecule has 0 saturated heterocycles. The molecule has 1 heterocycles. The molecule has 1 aromatic carbocycles. The molecule has 0 atom stereocenters. The fraction of sp³-hybridized carbons (Fsp3) is 0.214. The Kier molecular flexibility index (Phi) is 4.58. The lowest BCUT2D eigenvalue weighted by Gasteiger charge is -2.04. The van der Waals surface area contributed by atoms with Crippen LogP contribution in [0.1, 0.15) is 11.3 Å². The number of nitro benzene ring substituents is 1. The van der Waals surface area contributed by atoms with Crippen molar-refractivity contribution in [1.29, 1.82) is 0 Å². The average molecular weight is 257 g/mol. The van der Waals surface area contributed by atoms with E-state index < -0.39 is 4.92 Å². The van der Waals surface area contributed by atoms with Crippen LogP contribution >= 0.6 is 0 Å². The first-order valence-corrected chi connectivity index (χ1v) is 6.09. The number of nitro groups is 1. The molecule has 0 aliphatic carbocycles. The monoisotopic (exact) mass is 257 g/mol. The minimum atomic E-state index is -0.391. The molecular formula is C14H15N3O2. The zero-order chi connectivity index (χ0) is 13.5. The smallest absolute Gasteiger partial charge is 0.269 e. The molecule has 0 amide bonds. The van der Waals surface area contributed by atoms with Crippen LogP contribution in [0.5, 0.6) is 0 Å². The van der Waals surface area contributed by atoms with Crippen LogP contribution in [0.2, 0.25) is 0 Å². The topological polar surface area (TPSA) is 68.1 Å². The van der Waals surface area contributed by atoms with Crippen molar-refractivity contribution in [3.05, 3.63) is 70.0 Å². The molecule has 0 fully saturated rings. The fourth-order valence-corrected chi connectivity index (χ4v) is 1.73. The molecule has 19 heavy (non-hydrogen) atoms. The van der Waals surface area contributed by atoms with Gasteiger partial charge >= 0.3 is 0 Å². The highest BCUT2D eigenvalue weighted by atomic mass is 16.6. The van der Waals surface area contributed by atoms with Crippen molar-refractivity contribution in [3.8, 4) is 0 Å². The van der Waals surface area contributed by atoms with E-state index in [4.69, 9.17) is 0 Å². The zero-order valence-corrected chi connectivity index (χ0v) is 10.5. The lowest BCUT2D eigenvalue weighted by molar-refractivity contribution is -0.384. The molecule has 5 nitrogen and oxygen atoms in total. The highest BCUT2D eigenvalue weighted by molar-refractivity contribution is 5.32. The Morgan fingerprint density at radius 2 is 1.95 bits per heavy atom. The van der Waals surface area contributed by atoms with Crippen molar-refractivity contribution < 1.29 is 4.92 Å². The first-order valence-electron chi connectivity index (χ1n) is 6.09. The zero-order valence-electron chi connectivity index (χ0n) is 10.5. The largest absolute Gasteiger partial charge is 0.312 e. The Hall–Kier alpha value is -2.27. The molecule has 5 heteroatoms. The Morgan fingerprint density at radius 3 is 2.58 bits per heavy atom. The van der Waals surface area contributed by atoms with E-state index in [2.05, 4.69) is 10.3 Å². The summed E-state index contributed by atoms with van der Waals surface area (Å²) in [6.07, 6.45) is 2.65. The number of rotatable bonds is 6. The number of hydrogen-bond donors (Lipinski definition) is 1. The standard InChI is InChI=1S/C14H15N3O2/c18-17(19)14-6-4-12(5-7-14)11-15-10-8-13-3-1-2-9-16-13/h1-7,9,15H,8,10-11H2. The number of non-ortho nitro benzene ring substituents is 1. The third kappa shape index (κ3) is 4.15. The summed E-state index contributed by atoms with van der Waals surface area (Å²) in [6, 6.07) is 12.4. The molecule has 0 saturated carbocycles. The first kappa shape index (κ1) is 13.2. The van der Waals surface area contributed by atoms with Crippen LogP contribution in [0.3, 0.4) is 0 Å². The van der Waals surface area contributed by atoms with Crippen molar-refractivity contribution in [2.24, 2.45) is 0 Å². The lowest BCUT2D eigenvalue weighted by Crippen LogP contribution is -2.17. The summed E-state index contributed by atoms with van der Waals surface area (Å²) >= 11 is 0. The van der Waals surface area contributed by atoms with E-state index in [1.807, 2.05) is 18.2 Å². The average Bonchev–Trinajstić information content (AvgIpc) is 2.45. The molecule has 2 rings (SSSR count). The van der Waals surface area contributed by atoms with Crippen LogP contribution in [-0.4, -0.2) is 16.5 Å². The molecule has 0 unspecified atom stereocenters. The van der Waals surface area contributed by atoms with E-state index in [0.29, 0.717) is 6.54 Å². The van der Waals surface area contributed by atoms with Gasteiger partial charge in [-0.1, -0.05) is 18.2 Å². The second-order valence-electron chi connectivity index (χ2n) is 4.17. The Bertz CT molecular complexity index is 526. The van der Waals surface area contributed by atoms with Crippen LogP contribution in [0.15, 0.2) is 48.7 Å². The lowest BCUT2D eigenvalue weighted by atomic mass is 10.2. The molecule has 2 aromatic rings. The maximum Gasteiger partial charge on any atom is 0.269 e. The summed E-state index contributed by atoms with van der Waals surface area (Å²) in [5.41, 5.74) is 2.21. The third-order valence-electron chi connectivity index (χ3n) is 2.76. The summed E-state index contributed by atoms with van der Waals surface area (Å²) in [5, 5.41) is 13.8. The molecule has 0 aliphatic heterocycles. The van der Waals surface area contributed by atoms with Gasteiger partial charge in [0.25, 0.3) is 5.69 Å². The molecule has 0 bridgehead atoms. The number of nitrogens with zero attached hydrogens (tertiary/aromatic N) is 2. The van der Waals surface area contributed by atoms with Gasteiger partial charge in [0.2, 0.25) is 0 Å². The minimum absolute atomic E-state index is 0.122. The predicted molar refractivity (Wildman–Crippen MR) is 72.7 cm³/mol. The van der Waals surface area contributed by atoms with Crippen molar-refractivity contribution in [2.75, 3.05) is 6.54 Å². The van der Waals surface area contributed by atoms with E-state index in [0.717, 1.165) is 24.2 Å². The number of benzene rings is 1. The van der Waals surface area contributed by atoms with Crippen LogP contribution < -0.4 is 5.32 Å². The van der Waals surface area contributed by atoms with E-state index in [-0.39, 0.29) is 5.69 Å². The molecule has 0 spiro atoms. The number of aromatic nitrogens is 1. The number of nitrogens with one attached hydrogen (secondary N) is 1. The summed E-state index contributed by atoms with van der Waals surface area (Å²) in [6.45, 7) is 1.53. The Balaban J connectivity index is 1.75. The second kappa shape index (κ2) is 6.61. The van der Waals surface area contributed by atoms with Gasteiger partial charge in [0.15, 0.2) is 0 Å². The van der Waals surface area contributed by atoms with Gasteiger partial charge in [-0.15, -0.1) is 0 Å². The molecule has 98 valence electrons. The molecule has 1 N–H and O–H groups in total. The molecule has 1 aromatic heterocycles. The molecule has 0 radical (unpaired) electrons. The summed E-state index contributed by atoms with van der Waals surface area (Å²) in [7, 11) is 0. The first-order chi connectivity index (χ1) is 9.25. The van der Waals surface area contributed by atoms with E-state index in [1.54, 1.807) is 18.3 Å². The van der Waals surface area contributed by atoms with Crippen LogP contribution in [-0.2, 0) is 13.0 Å². The van der Waals surface area contributed by atoms with E-state index in [9.17, 15) is 10.1 Å². The van der Waals surface area contributed by atoms with Crippen LogP contribution in [0, 0.1) is 10.1 Å². The Morgan fingerprint density at radius 1 is 1.16 bits per heavy atom.